The second-order valence-electron chi connectivity index (χ2n) is 8.98. The normalized spacial score (nSPS) is 12.8. The van der Waals surface area contributed by atoms with Crippen molar-refractivity contribution in [3.63, 3.8) is 0 Å². The average Bonchev–Trinajstić information content (AvgIpc) is 2.72. The first-order valence-corrected chi connectivity index (χ1v) is 11.2. The Hall–Kier alpha value is -3.05. The number of aliphatic hydroxyl groups is 1. The Labute approximate surface area is 197 Å². The smallest absolute Gasteiger partial charge is 0.408 e. The van der Waals surface area contributed by atoms with Gasteiger partial charge in [0.25, 0.3) is 5.91 Å². The first-order chi connectivity index (χ1) is 15.4. The molecule has 2 atom stereocenters. The lowest BCUT2D eigenvalue weighted by molar-refractivity contribution is -0.139. The molecule has 0 heterocycles. The minimum Gasteiger partial charge on any atom is -0.444 e. The van der Waals surface area contributed by atoms with Gasteiger partial charge in [-0.15, -0.1) is 0 Å². The van der Waals surface area contributed by atoms with Crippen molar-refractivity contribution in [2.75, 3.05) is 13.2 Å². The molecule has 0 aliphatic heterocycles. The Morgan fingerprint density at radius 1 is 1.21 bits per heavy atom. The fraction of sp³-hybridized carbons (Fsp3) is 0.560. The van der Waals surface area contributed by atoms with Crippen LogP contribution in [0.5, 0.6) is 0 Å². The van der Waals surface area contributed by atoms with Gasteiger partial charge < -0.3 is 20.5 Å². The molecule has 3 N–H and O–H groups in total. The highest BCUT2D eigenvalue weighted by atomic mass is 16.6. The number of nitrogens with one attached hydrogen (secondary N) is 2. The lowest BCUT2D eigenvalue weighted by Crippen LogP contribution is -2.53. The minimum absolute atomic E-state index is 0.432. The third kappa shape index (κ3) is 8.78. The third-order valence-electron chi connectivity index (χ3n) is 4.85. The highest BCUT2D eigenvalue weighted by molar-refractivity contribution is 5.93. The molecule has 0 saturated heterocycles. The van der Waals surface area contributed by atoms with E-state index < -0.39 is 42.2 Å². The number of amides is 3. The van der Waals surface area contributed by atoms with Crippen LogP contribution in [0.1, 0.15) is 69.7 Å². The highest BCUT2D eigenvalue weighted by Gasteiger charge is 2.36. The zero-order valence-electron chi connectivity index (χ0n) is 20.5. The standard InChI is InChI=1S/C25H37N3O5/c1-8-10-11-14-26-22(30)21(19-13-12-17(3)15-18(19)4)28(9-2)23(31)20(16-29)27-24(32)33-25(5,6)7/h2,12-13,15,20-21,29H,8,10-11,14,16H2,1,3-7H3,(H,26,30)(H,27,32). The number of hydrogen-bond donors (Lipinski definition) is 3. The molecule has 0 spiro atoms. The van der Waals surface area contributed by atoms with Gasteiger partial charge in [0.05, 0.1) is 6.61 Å². The number of carbonyl (C=O) groups excluding carboxylic acids is 3. The van der Waals surface area contributed by atoms with Gasteiger partial charge in [-0.1, -0.05) is 50.0 Å². The molecule has 2 unspecified atom stereocenters. The van der Waals surface area contributed by atoms with Gasteiger partial charge in [-0.2, -0.15) is 0 Å². The number of alkyl carbamates (subject to hydrolysis) is 1. The van der Waals surface area contributed by atoms with Crippen molar-refractivity contribution in [3.05, 3.63) is 34.9 Å². The van der Waals surface area contributed by atoms with Crippen LogP contribution in [0.3, 0.4) is 0 Å². The molecule has 1 aromatic carbocycles. The summed E-state index contributed by atoms with van der Waals surface area (Å²) in [7, 11) is 0. The molecular formula is C25H37N3O5. The van der Waals surface area contributed by atoms with Gasteiger partial charge in [-0.25, -0.2) is 4.79 Å². The lowest BCUT2D eigenvalue weighted by atomic mass is 9.97. The van der Waals surface area contributed by atoms with E-state index >= 15 is 0 Å². The van der Waals surface area contributed by atoms with Gasteiger partial charge in [-0.05, 0) is 52.2 Å². The summed E-state index contributed by atoms with van der Waals surface area (Å²) >= 11 is 0. The molecule has 3 amide bonds. The van der Waals surface area contributed by atoms with Crippen molar-refractivity contribution in [1.29, 1.82) is 0 Å². The van der Waals surface area contributed by atoms with Crippen molar-refractivity contribution in [3.8, 4) is 12.5 Å². The van der Waals surface area contributed by atoms with Crippen LogP contribution in [0.2, 0.25) is 0 Å². The van der Waals surface area contributed by atoms with Gasteiger partial charge in [0.15, 0.2) is 0 Å². The number of nitrogens with zero attached hydrogens (tertiary/aromatic N) is 1. The van der Waals surface area contributed by atoms with E-state index in [1.54, 1.807) is 26.8 Å². The van der Waals surface area contributed by atoms with Crippen LogP contribution in [-0.4, -0.2) is 52.7 Å². The molecule has 8 heteroatoms. The van der Waals surface area contributed by atoms with Crippen LogP contribution in [0, 0.1) is 26.3 Å². The monoisotopic (exact) mass is 459 g/mol. The van der Waals surface area contributed by atoms with Crippen molar-refractivity contribution in [2.45, 2.75) is 78.5 Å². The zero-order chi connectivity index (χ0) is 25.2. The molecule has 0 aliphatic rings. The van der Waals surface area contributed by atoms with E-state index in [9.17, 15) is 19.5 Å². The van der Waals surface area contributed by atoms with Crippen molar-refractivity contribution in [2.24, 2.45) is 0 Å². The third-order valence-corrected chi connectivity index (χ3v) is 4.85. The van der Waals surface area contributed by atoms with E-state index in [-0.39, 0.29) is 0 Å². The van der Waals surface area contributed by atoms with Crippen LogP contribution in [0.25, 0.3) is 0 Å². The summed E-state index contributed by atoms with van der Waals surface area (Å²) in [5.41, 5.74) is 1.56. The fourth-order valence-electron chi connectivity index (χ4n) is 3.28. The number of hydrogen-bond acceptors (Lipinski definition) is 5. The number of ether oxygens (including phenoxy) is 1. The van der Waals surface area contributed by atoms with Gasteiger partial charge in [0, 0.05) is 12.6 Å². The predicted octanol–water partition coefficient (Wildman–Crippen LogP) is 2.96. The Morgan fingerprint density at radius 2 is 1.88 bits per heavy atom. The summed E-state index contributed by atoms with van der Waals surface area (Å²) in [4.78, 5) is 39.5. The molecule has 0 fully saturated rings. The summed E-state index contributed by atoms with van der Waals surface area (Å²) in [5, 5.41) is 15.0. The van der Waals surface area contributed by atoms with Crippen molar-refractivity contribution >= 4 is 17.9 Å². The maximum atomic E-state index is 13.3. The molecule has 33 heavy (non-hydrogen) atoms. The number of terminal acetylenes is 1. The Morgan fingerprint density at radius 3 is 2.39 bits per heavy atom. The molecule has 0 aromatic heterocycles. The molecule has 8 nitrogen and oxygen atoms in total. The maximum absolute atomic E-state index is 13.3. The summed E-state index contributed by atoms with van der Waals surface area (Å²) in [6.45, 7) is 10.6. The van der Waals surface area contributed by atoms with E-state index in [0.29, 0.717) is 12.1 Å². The molecule has 1 aromatic rings. The van der Waals surface area contributed by atoms with E-state index in [4.69, 9.17) is 11.2 Å². The summed E-state index contributed by atoms with van der Waals surface area (Å²) < 4.78 is 5.17. The van der Waals surface area contributed by atoms with Gasteiger partial charge in [0.1, 0.15) is 17.7 Å². The first-order valence-electron chi connectivity index (χ1n) is 11.2. The summed E-state index contributed by atoms with van der Waals surface area (Å²) in [6.07, 6.45) is 7.56. The first kappa shape index (κ1) is 28.0. The molecule has 0 bridgehead atoms. The topological polar surface area (TPSA) is 108 Å². The number of rotatable bonds is 10. The predicted molar refractivity (Wildman–Crippen MR) is 127 cm³/mol. The second-order valence-corrected chi connectivity index (χ2v) is 8.98. The van der Waals surface area contributed by atoms with Crippen LogP contribution in [-0.2, 0) is 14.3 Å². The molecule has 1 rings (SSSR count). The van der Waals surface area contributed by atoms with Gasteiger partial charge in [-0.3, -0.25) is 14.5 Å². The highest BCUT2D eigenvalue weighted by Crippen LogP contribution is 2.26. The molecule has 0 radical (unpaired) electrons. The Balaban J connectivity index is 3.26. The van der Waals surface area contributed by atoms with Crippen LogP contribution < -0.4 is 10.6 Å². The van der Waals surface area contributed by atoms with Crippen LogP contribution in [0.4, 0.5) is 4.79 Å². The van der Waals surface area contributed by atoms with Crippen LogP contribution in [0.15, 0.2) is 18.2 Å². The Kier molecular flexibility index (Phi) is 10.9. The minimum atomic E-state index is -1.38. The quantitative estimate of drug-likeness (QED) is 0.283. The molecule has 0 saturated carbocycles. The number of carbonyl (C=O) groups is 3. The van der Waals surface area contributed by atoms with E-state index in [2.05, 4.69) is 23.6 Å². The zero-order valence-corrected chi connectivity index (χ0v) is 20.5. The van der Waals surface area contributed by atoms with E-state index in [1.165, 1.54) is 0 Å². The summed E-state index contributed by atoms with van der Waals surface area (Å²) in [6, 6.07) is 5.27. The van der Waals surface area contributed by atoms with E-state index in [1.807, 2.05) is 26.0 Å². The number of unbranched alkanes of at least 4 members (excludes halogenated alkanes) is 2. The van der Waals surface area contributed by atoms with Gasteiger partial charge >= 0.3 is 6.09 Å². The largest absolute Gasteiger partial charge is 0.444 e. The molecule has 182 valence electrons. The van der Waals surface area contributed by atoms with E-state index in [0.717, 1.165) is 35.3 Å². The average molecular weight is 460 g/mol. The SMILES string of the molecule is C#CN(C(=O)C(CO)NC(=O)OC(C)(C)C)C(C(=O)NCCCCC)c1ccc(C)cc1C. The Bertz CT molecular complexity index is 870. The van der Waals surface area contributed by atoms with Gasteiger partial charge in [0.2, 0.25) is 5.91 Å². The number of aryl methyl sites for hydroxylation is 2. The van der Waals surface area contributed by atoms with Crippen molar-refractivity contribution in [1.82, 2.24) is 15.5 Å². The second kappa shape index (κ2) is 12.9. The summed E-state index contributed by atoms with van der Waals surface area (Å²) in [5.74, 6) is -1.22. The van der Waals surface area contributed by atoms with Crippen LogP contribution >= 0.6 is 0 Å². The molecule has 0 aliphatic carbocycles. The maximum Gasteiger partial charge on any atom is 0.408 e. The fourth-order valence-corrected chi connectivity index (χ4v) is 3.28. The number of benzene rings is 1. The molecular weight excluding hydrogens is 422 g/mol. The van der Waals surface area contributed by atoms with Crippen molar-refractivity contribution < 1.29 is 24.2 Å². The lowest BCUT2D eigenvalue weighted by Gasteiger charge is -2.30. The number of aliphatic hydroxyl groups excluding tert-OH is 1.